The lowest BCUT2D eigenvalue weighted by molar-refractivity contribution is 0.0701. The zero-order valence-corrected chi connectivity index (χ0v) is 8.51. The number of aryl methyl sites for hydroxylation is 1. The quantitative estimate of drug-likeness (QED) is 0.811. The molecule has 0 fully saturated rings. The van der Waals surface area contributed by atoms with E-state index >= 15 is 0 Å². The summed E-state index contributed by atoms with van der Waals surface area (Å²) < 4.78 is 5.27. The molecule has 0 aliphatic carbocycles. The highest BCUT2D eigenvalue weighted by Gasteiger charge is 2.15. The molecule has 1 aromatic heterocycles. The van der Waals surface area contributed by atoms with Crippen LogP contribution in [-0.2, 0) is 0 Å². The molecule has 4 nitrogen and oxygen atoms in total. The Kier molecular flexibility index (Phi) is 2.87. The molecule has 0 unspecified atom stereocenters. The average molecular weight is 201 g/mol. The van der Waals surface area contributed by atoms with Gasteiger partial charge in [0.1, 0.15) is 4.88 Å². The summed E-state index contributed by atoms with van der Waals surface area (Å²) in [4.78, 5) is 14.9. The first-order valence-corrected chi connectivity index (χ1v) is 4.69. The fraction of sp³-hybridized carbons (Fsp3) is 0.500. The van der Waals surface area contributed by atoms with Crippen LogP contribution < -0.4 is 4.74 Å². The Balaban J connectivity index is 2.89. The van der Waals surface area contributed by atoms with Gasteiger partial charge in [-0.2, -0.15) is 0 Å². The normalized spacial score (nSPS) is 10.5. The van der Waals surface area contributed by atoms with E-state index in [2.05, 4.69) is 4.98 Å². The second-order valence-electron chi connectivity index (χ2n) is 2.87. The van der Waals surface area contributed by atoms with Crippen LogP contribution in [-0.4, -0.2) is 22.2 Å². The van der Waals surface area contributed by atoms with Crippen LogP contribution in [0.15, 0.2) is 0 Å². The molecule has 0 bridgehead atoms. The molecule has 0 atom stereocenters. The Bertz CT molecular complexity index is 319. The molecule has 0 aliphatic rings. The van der Waals surface area contributed by atoms with E-state index in [0.29, 0.717) is 10.9 Å². The number of carboxylic acids is 1. The maximum Gasteiger partial charge on any atom is 0.347 e. The van der Waals surface area contributed by atoms with E-state index in [9.17, 15) is 4.79 Å². The number of carbonyl (C=O) groups is 1. The largest absolute Gasteiger partial charge is 0.477 e. The first kappa shape index (κ1) is 9.98. The van der Waals surface area contributed by atoms with E-state index in [1.807, 2.05) is 13.8 Å². The molecular weight excluding hydrogens is 190 g/mol. The predicted molar refractivity (Wildman–Crippen MR) is 49.6 cm³/mol. The van der Waals surface area contributed by atoms with Crippen LogP contribution in [0.25, 0.3) is 0 Å². The van der Waals surface area contributed by atoms with Crippen molar-refractivity contribution in [2.24, 2.45) is 0 Å². The van der Waals surface area contributed by atoms with Gasteiger partial charge < -0.3 is 9.84 Å². The maximum absolute atomic E-state index is 10.6. The molecule has 0 amide bonds. The number of hydrogen-bond donors (Lipinski definition) is 1. The monoisotopic (exact) mass is 201 g/mol. The number of rotatable bonds is 3. The van der Waals surface area contributed by atoms with Crippen molar-refractivity contribution in [3.63, 3.8) is 0 Å². The van der Waals surface area contributed by atoms with Crippen molar-refractivity contribution in [2.45, 2.75) is 26.9 Å². The van der Waals surface area contributed by atoms with E-state index in [-0.39, 0.29) is 11.0 Å². The van der Waals surface area contributed by atoms with E-state index in [1.54, 1.807) is 6.92 Å². The highest BCUT2D eigenvalue weighted by atomic mass is 32.1. The summed E-state index contributed by atoms with van der Waals surface area (Å²) in [7, 11) is 0. The van der Waals surface area contributed by atoms with Crippen molar-refractivity contribution in [2.75, 3.05) is 0 Å². The first-order chi connectivity index (χ1) is 6.00. The second kappa shape index (κ2) is 3.74. The van der Waals surface area contributed by atoms with Gasteiger partial charge in [0.25, 0.3) is 5.19 Å². The number of nitrogens with zero attached hydrogens (tertiary/aromatic N) is 1. The van der Waals surface area contributed by atoms with Crippen LogP contribution in [0.3, 0.4) is 0 Å². The molecule has 1 aromatic rings. The minimum atomic E-state index is -0.950. The van der Waals surface area contributed by atoms with Gasteiger partial charge in [0.2, 0.25) is 0 Å². The summed E-state index contributed by atoms with van der Waals surface area (Å²) in [6.45, 7) is 5.40. The summed E-state index contributed by atoms with van der Waals surface area (Å²) >= 11 is 1.06. The zero-order valence-electron chi connectivity index (χ0n) is 7.70. The van der Waals surface area contributed by atoms with E-state index in [1.165, 1.54) is 0 Å². The van der Waals surface area contributed by atoms with Crippen molar-refractivity contribution in [1.29, 1.82) is 0 Å². The Morgan fingerprint density at radius 3 is 2.62 bits per heavy atom. The minimum Gasteiger partial charge on any atom is -0.477 e. The van der Waals surface area contributed by atoms with E-state index in [4.69, 9.17) is 9.84 Å². The summed E-state index contributed by atoms with van der Waals surface area (Å²) in [5.41, 5.74) is 0.508. The van der Waals surface area contributed by atoms with Gasteiger partial charge in [-0.3, -0.25) is 0 Å². The molecule has 1 N–H and O–H groups in total. The van der Waals surface area contributed by atoms with Gasteiger partial charge in [-0.15, -0.1) is 0 Å². The Morgan fingerprint density at radius 2 is 2.23 bits per heavy atom. The molecule has 0 aliphatic heterocycles. The van der Waals surface area contributed by atoms with Crippen LogP contribution in [0.4, 0.5) is 0 Å². The lowest BCUT2D eigenvalue weighted by atomic mass is 10.4. The van der Waals surface area contributed by atoms with Crippen molar-refractivity contribution in [1.82, 2.24) is 4.98 Å². The minimum absolute atomic E-state index is 0.0206. The molecule has 0 aromatic carbocycles. The number of aromatic nitrogens is 1. The molecule has 13 heavy (non-hydrogen) atoms. The summed E-state index contributed by atoms with van der Waals surface area (Å²) in [5.74, 6) is -0.950. The Hall–Kier alpha value is -1.10. The Morgan fingerprint density at radius 1 is 1.62 bits per heavy atom. The highest BCUT2D eigenvalue weighted by Crippen LogP contribution is 2.25. The fourth-order valence-corrected chi connectivity index (χ4v) is 1.70. The van der Waals surface area contributed by atoms with Crippen LogP contribution in [0, 0.1) is 6.92 Å². The van der Waals surface area contributed by atoms with Gasteiger partial charge in [0.05, 0.1) is 11.8 Å². The van der Waals surface area contributed by atoms with Gasteiger partial charge in [-0.1, -0.05) is 11.3 Å². The maximum atomic E-state index is 10.6. The third-order valence-corrected chi connectivity index (χ3v) is 2.34. The number of carboxylic acid groups (broad SMARTS) is 1. The van der Waals surface area contributed by atoms with Crippen molar-refractivity contribution in [3.05, 3.63) is 10.6 Å². The van der Waals surface area contributed by atoms with Crippen molar-refractivity contribution in [3.8, 4) is 5.19 Å². The SMILES string of the molecule is Cc1nc(OC(C)C)sc1C(=O)O. The van der Waals surface area contributed by atoms with E-state index in [0.717, 1.165) is 11.3 Å². The highest BCUT2D eigenvalue weighted by molar-refractivity contribution is 7.15. The summed E-state index contributed by atoms with van der Waals surface area (Å²) in [6.07, 6.45) is 0.0206. The lowest BCUT2D eigenvalue weighted by Gasteiger charge is -2.03. The van der Waals surface area contributed by atoms with Gasteiger partial charge in [-0.25, -0.2) is 9.78 Å². The number of thiazole rings is 1. The van der Waals surface area contributed by atoms with Gasteiger partial charge >= 0.3 is 5.97 Å². The predicted octanol–water partition coefficient (Wildman–Crippen LogP) is 1.94. The number of hydrogen-bond acceptors (Lipinski definition) is 4. The molecule has 0 saturated carbocycles. The standard InChI is InChI=1S/C8H11NO3S/c1-4(2)12-8-9-5(3)6(13-8)7(10)11/h4H,1-3H3,(H,10,11). The van der Waals surface area contributed by atoms with Crippen LogP contribution >= 0.6 is 11.3 Å². The molecule has 72 valence electrons. The molecule has 5 heteroatoms. The number of ether oxygens (including phenoxy) is 1. The van der Waals surface area contributed by atoms with Gasteiger partial charge in [0.15, 0.2) is 0 Å². The molecule has 0 spiro atoms. The second-order valence-corrected chi connectivity index (χ2v) is 3.83. The molecule has 1 heterocycles. The smallest absolute Gasteiger partial charge is 0.347 e. The average Bonchev–Trinajstić information content (AvgIpc) is 2.29. The molecule has 0 radical (unpaired) electrons. The summed E-state index contributed by atoms with van der Waals surface area (Å²) in [5, 5.41) is 9.15. The third-order valence-electron chi connectivity index (χ3n) is 1.31. The van der Waals surface area contributed by atoms with Crippen LogP contribution in [0.5, 0.6) is 5.19 Å². The van der Waals surface area contributed by atoms with Crippen molar-refractivity contribution >= 4 is 17.3 Å². The van der Waals surface area contributed by atoms with Crippen LogP contribution in [0.2, 0.25) is 0 Å². The summed E-state index contributed by atoms with van der Waals surface area (Å²) in [6, 6.07) is 0. The van der Waals surface area contributed by atoms with Gasteiger partial charge in [0, 0.05) is 0 Å². The van der Waals surface area contributed by atoms with E-state index < -0.39 is 5.97 Å². The fourth-order valence-electron chi connectivity index (χ4n) is 0.822. The topological polar surface area (TPSA) is 59.4 Å². The van der Waals surface area contributed by atoms with Gasteiger partial charge in [-0.05, 0) is 20.8 Å². The van der Waals surface area contributed by atoms with Crippen molar-refractivity contribution < 1.29 is 14.6 Å². The lowest BCUT2D eigenvalue weighted by Crippen LogP contribution is -2.04. The van der Waals surface area contributed by atoms with Crippen LogP contribution in [0.1, 0.15) is 29.2 Å². The third kappa shape index (κ3) is 2.42. The zero-order chi connectivity index (χ0) is 10.0. The molecule has 0 saturated heterocycles. The Labute approximate surface area is 80.2 Å². The first-order valence-electron chi connectivity index (χ1n) is 3.88. The molecule has 1 rings (SSSR count). The molecular formula is C8H11NO3S. The number of aromatic carboxylic acids is 1.